The topological polar surface area (TPSA) is 54.6 Å². The van der Waals surface area contributed by atoms with Gasteiger partial charge in [0.25, 0.3) is 0 Å². The first-order valence-electron chi connectivity index (χ1n) is 8.57. The normalized spacial score (nSPS) is 16.0. The molecule has 0 bridgehead atoms. The van der Waals surface area contributed by atoms with Crippen molar-refractivity contribution in [2.45, 2.75) is 19.4 Å². The fraction of sp³-hybridized carbons (Fsp3) is 0.556. The van der Waals surface area contributed by atoms with Crippen LogP contribution < -0.4 is 0 Å². The lowest BCUT2D eigenvalue weighted by molar-refractivity contribution is 0.0297. The first kappa shape index (κ1) is 17.1. The zero-order chi connectivity index (χ0) is 16.8. The molecule has 0 unspecified atom stereocenters. The van der Waals surface area contributed by atoms with E-state index < -0.39 is 0 Å². The van der Waals surface area contributed by atoms with Crippen LogP contribution in [-0.4, -0.2) is 66.9 Å². The number of morpholine rings is 1. The minimum atomic E-state index is 0.665. The molecule has 0 aliphatic carbocycles. The Morgan fingerprint density at radius 1 is 1.12 bits per heavy atom. The minimum absolute atomic E-state index is 0.665. The van der Waals surface area contributed by atoms with Gasteiger partial charge in [0.05, 0.1) is 19.8 Å². The van der Waals surface area contributed by atoms with E-state index in [-0.39, 0.29) is 0 Å². The van der Waals surface area contributed by atoms with Crippen molar-refractivity contribution in [3.05, 3.63) is 35.7 Å². The van der Waals surface area contributed by atoms with Gasteiger partial charge in [0.2, 0.25) is 11.7 Å². The first-order valence-corrected chi connectivity index (χ1v) is 8.57. The molecule has 130 valence electrons. The van der Waals surface area contributed by atoms with Crippen LogP contribution in [0.4, 0.5) is 0 Å². The highest BCUT2D eigenvalue weighted by Crippen LogP contribution is 2.18. The highest BCUT2D eigenvalue weighted by atomic mass is 16.5. The summed E-state index contributed by atoms with van der Waals surface area (Å²) >= 11 is 0. The molecule has 1 saturated heterocycles. The van der Waals surface area contributed by atoms with E-state index in [1.165, 1.54) is 5.56 Å². The van der Waals surface area contributed by atoms with Crippen LogP contribution in [0.5, 0.6) is 0 Å². The standard InChI is InChI=1S/C18H26N4O2/c1-21(2)9-3-4-15-5-7-16(8-6-15)18-19-17(24-20-18)14-22-10-12-23-13-11-22/h5-8H,3-4,9-14H2,1-2H3. The molecular weight excluding hydrogens is 304 g/mol. The SMILES string of the molecule is CN(C)CCCc1ccc(-c2noc(CN3CCOCC3)n2)cc1. The van der Waals surface area contributed by atoms with Crippen LogP contribution in [0.15, 0.2) is 28.8 Å². The van der Waals surface area contributed by atoms with Crippen LogP contribution in [0.1, 0.15) is 17.9 Å². The lowest BCUT2D eigenvalue weighted by Gasteiger charge is -2.24. The van der Waals surface area contributed by atoms with Gasteiger partial charge in [0, 0.05) is 18.7 Å². The number of benzene rings is 1. The van der Waals surface area contributed by atoms with E-state index in [1.54, 1.807) is 0 Å². The van der Waals surface area contributed by atoms with Crippen molar-refractivity contribution in [2.24, 2.45) is 0 Å². The fourth-order valence-electron chi connectivity index (χ4n) is 2.81. The Morgan fingerprint density at radius 3 is 2.58 bits per heavy atom. The van der Waals surface area contributed by atoms with Crippen LogP contribution in [0.3, 0.4) is 0 Å². The van der Waals surface area contributed by atoms with Gasteiger partial charge in [0.1, 0.15) is 0 Å². The highest BCUT2D eigenvalue weighted by Gasteiger charge is 2.15. The second kappa shape index (κ2) is 8.37. The third kappa shape index (κ3) is 4.87. The van der Waals surface area contributed by atoms with E-state index in [9.17, 15) is 0 Å². The quantitative estimate of drug-likeness (QED) is 0.775. The summed E-state index contributed by atoms with van der Waals surface area (Å²) in [4.78, 5) is 9.01. The van der Waals surface area contributed by atoms with Crippen molar-refractivity contribution < 1.29 is 9.26 Å². The summed E-state index contributed by atoms with van der Waals surface area (Å²) in [6.45, 7) is 5.18. The molecule has 0 N–H and O–H groups in total. The monoisotopic (exact) mass is 330 g/mol. The molecule has 0 spiro atoms. The molecule has 1 aromatic carbocycles. The summed E-state index contributed by atoms with van der Waals surface area (Å²) in [6.07, 6.45) is 2.26. The number of rotatable bonds is 7. The molecular formula is C18H26N4O2. The van der Waals surface area contributed by atoms with Gasteiger partial charge in [-0.1, -0.05) is 29.4 Å². The second-order valence-corrected chi connectivity index (χ2v) is 6.50. The summed E-state index contributed by atoms with van der Waals surface area (Å²) < 4.78 is 10.7. The van der Waals surface area contributed by atoms with E-state index in [2.05, 4.69) is 58.3 Å². The summed E-state index contributed by atoms with van der Waals surface area (Å²) in [5.41, 5.74) is 2.35. The number of aryl methyl sites for hydroxylation is 1. The van der Waals surface area contributed by atoms with E-state index in [0.29, 0.717) is 18.3 Å². The molecule has 3 rings (SSSR count). The molecule has 1 aliphatic heterocycles. The number of nitrogens with zero attached hydrogens (tertiary/aromatic N) is 4. The smallest absolute Gasteiger partial charge is 0.241 e. The van der Waals surface area contributed by atoms with Crippen molar-refractivity contribution in [3.8, 4) is 11.4 Å². The Bertz CT molecular complexity index is 618. The Balaban J connectivity index is 1.56. The Hall–Kier alpha value is -1.76. The van der Waals surface area contributed by atoms with Crippen molar-refractivity contribution in [1.82, 2.24) is 19.9 Å². The van der Waals surface area contributed by atoms with Crippen molar-refractivity contribution in [3.63, 3.8) is 0 Å². The minimum Gasteiger partial charge on any atom is -0.379 e. The average Bonchev–Trinajstić information content (AvgIpc) is 3.04. The number of hydrogen-bond acceptors (Lipinski definition) is 6. The van der Waals surface area contributed by atoms with Crippen molar-refractivity contribution in [1.29, 1.82) is 0 Å². The summed E-state index contributed by atoms with van der Waals surface area (Å²) in [5.74, 6) is 1.33. The Labute approximate surface area is 143 Å². The zero-order valence-corrected chi connectivity index (χ0v) is 14.6. The van der Waals surface area contributed by atoms with Crippen LogP contribution in [0.2, 0.25) is 0 Å². The molecule has 1 aliphatic rings. The number of ether oxygens (including phenoxy) is 1. The van der Waals surface area contributed by atoms with Crippen LogP contribution in [-0.2, 0) is 17.7 Å². The lowest BCUT2D eigenvalue weighted by atomic mass is 10.1. The molecule has 6 nitrogen and oxygen atoms in total. The molecule has 0 amide bonds. The fourth-order valence-corrected chi connectivity index (χ4v) is 2.81. The van der Waals surface area contributed by atoms with Crippen LogP contribution in [0.25, 0.3) is 11.4 Å². The molecule has 0 radical (unpaired) electrons. The molecule has 24 heavy (non-hydrogen) atoms. The molecule has 1 aromatic heterocycles. The average molecular weight is 330 g/mol. The predicted octanol–water partition coefficient (Wildman–Crippen LogP) is 2.06. The van der Waals surface area contributed by atoms with Gasteiger partial charge in [-0.2, -0.15) is 4.98 Å². The van der Waals surface area contributed by atoms with Crippen molar-refractivity contribution in [2.75, 3.05) is 46.9 Å². The van der Waals surface area contributed by atoms with E-state index in [1.807, 2.05) is 0 Å². The van der Waals surface area contributed by atoms with Crippen LogP contribution >= 0.6 is 0 Å². The maximum atomic E-state index is 5.39. The molecule has 0 atom stereocenters. The second-order valence-electron chi connectivity index (χ2n) is 6.50. The lowest BCUT2D eigenvalue weighted by Crippen LogP contribution is -2.35. The van der Waals surface area contributed by atoms with Gasteiger partial charge in [-0.15, -0.1) is 0 Å². The van der Waals surface area contributed by atoms with E-state index >= 15 is 0 Å². The molecule has 1 fully saturated rings. The Morgan fingerprint density at radius 2 is 1.88 bits per heavy atom. The maximum absolute atomic E-state index is 5.39. The van der Waals surface area contributed by atoms with Gasteiger partial charge < -0.3 is 14.2 Å². The van der Waals surface area contributed by atoms with E-state index in [0.717, 1.165) is 51.3 Å². The van der Waals surface area contributed by atoms with Gasteiger partial charge in [-0.05, 0) is 39.0 Å². The van der Waals surface area contributed by atoms with Gasteiger partial charge in [-0.25, -0.2) is 0 Å². The third-order valence-electron chi connectivity index (χ3n) is 4.21. The van der Waals surface area contributed by atoms with Crippen molar-refractivity contribution >= 4 is 0 Å². The largest absolute Gasteiger partial charge is 0.379 e. The summed E-state index contributed by atoms with van der Waals surface area (Å²) in [5, 5.41) is 4.12. The number of hydrogen-bond donors (Lipinski definition) is 0. The van der Waals surface area contributed by atoms with Gasteiger partial charge >= 0.3 is 0 Å². The van der Waals surface area contributed by atoms with Gasteiger partial charge in [0.15, 0.2) is 0 Å². The zero-order valence-electron chi connectivity index (χ0n) is 14.6. The maximum Gasteiger partial charge on any atom is 0.241 e. The summed E-state index contributed by atoms with van der Waals surface area (Å²) in [7, 11) is 4.21. The molecule has 6 heteroatoms. The van der Waals surface area contributed by atoms with E-state index in [4.69, 9.17) is 9.26 Å². The predicted molar refractivity (Wildman–Crippen MR) is 92.7 cm³/mol. The third-order valence-corrected chi connectivity index (χ3v) is 4.21. The number of aromatic nitrogens is 2. The molecule has 2 aromatic rings. The first-order chi connectivity index (χ1) is 11.7. The molecule has 0 saturated carbocycles. The Kier molecular flexibility index (Phi) is 5.96. The highest BCUT2D eigenvalue weighted by molar-refractivity contribution is 5.54. The summed E-state index contributed by atoms with van der Waals surface area (Å²) in [6, 6.07) is 8.47. The molecule has 2 heterocycles. The van der Waals surface area contributed by atoms with Gasteiger partial charge in [-0.3, -0.25) is 4.90 Å². The van der Waals surface area contributed by atoms with Crippen LogP contribution in [0, 0.1) is 0 Å².